The summed E-state index contributed by atoms with van der Waals surface area (Å²) in [5.74, 6) is 0.742. The van der Waals surface area contributed by atoms with Gasteiger partial charge in [-0.2, -0.15) is 0 Å². The van der Waals surface area contributed by atoms with Crippen LogP contribution in [0.3, 0.4) is 0 Å². The maximum atomic E-state index is 5.39. The molecule has 3 nitrogen and oxygen atoms in total. The predicted octanol–water partition coefficient (Wildman–Crippen LogP) is 13.6. The van der Waals surface area contributed by atoms with Gasteiger partial charge in [0.2, 0.25) is 0 Å². The number of hydrogen-bond donors (Lipinski definition) is 0. The minimum absolute atomic E-state index is 0.742. The van der Waals surface area contributed by atoms with Gasteiger partial charge in [0.25, 0.3) is 0 Å². The van der Waals surface area contributed by atoms with Crippen LogP contribution in [0.2, 0.25) is 0 Å². The molecule has 0 saturated heterocycles. The largest absolute Gasteiger partial charge is 0.246 e. The third-order valence-corrected chi connectivity index (χ3v) is 12.4. The summed E-state index contributed by atoms with van der Waals surface area (Å²) in [7, 11) is 0. The standard InChI is InChI=1S/C47H27N3S2/c1-2-11-30(12-3-1)47-49-42(46-44(50-47)36-18-7-9-20-40(36)52-46)29-23-21-28(22-24-29)31-15-10-16-34(25-31)43-45-41(35-17-6-8-19-39(35)51-45)37-26-32-13-4-5-14-33(32)27-38(37)48-43/h1-27H. The second kappa shape index (κ2) is 11.6. The van der Waals surface area contributed by atoms with Gasteiger partial charge in [-0.05, 0) is 52.2 Å². The molecule has 0 amide bonds. The Bertz CT molecular complexity index is 3180. The van der Waals surface area contributed by atoms with E-state index in [2.05, 4.69) is 146 Å². The van der Waals surface area contributed by atoms with E-state index < -0.39 is 0 Å². The Morgan fingerprint density at radius 1 is 0.365 bits per heavy atom. The highest BCUT2D eigenvalue weighted by Gasteiger charge is 2.19. The van der Waals surface area contributed by atoms with Gasteiger partial charge in [0, 0.05) is 47.6 Å². The van der Waals surface area contributed by atoms with Crippen LogP contribution in [0.1, 0.15) is 0 Å². The second-order valence-corrected chi connectivity index (χ2v) is 15.3. The summed E-state index contributed by atoms with van der Waals surface area (Å²) in [4.78, 5) is 15.6. The predicted molar refractivity (Wildman–Crippen MR) is 222 cm³/mol. The lowest BCUT2D eigenvalue weighted by atomic mass is 9.97. The summed E-state index contributed by atoms with van der Waals surface area (Å²) >= 11 is 3.59. The summed E-state index contributed by atoms with van der Waals surface area (Å²) in [6.45, 7) is 0. The minimum Gasteiger partial charge on any atom is -0.246 e. The fourth-order valence-electron chi connectivity index (χ4n) is 7.54. The lowest BCUT2D eigenvalue weighted by Gasteiger charge is -2.11. The molecule has 0 aliphatic carbocycles. The highest BCUT2D eigenvalue weighted by atomic mass is 32.1. The van der Waals surface area contributed by atoms with E-state index in [-0.39, 0.29) is 0 Å². The van der Waals surface area contributed by atoms with Gasteiger partial charge in [-0.15, -0.1) is 22.7 Å². The molecule has 4 aromatic heterocycles. The molecule has 0 bridgehead atoms. The normalized spacial score (nSPS) is 11.8. The van der Waals surface area contributed by atoms with E-state index in [0.717, 1.165) is 60.8 Å². The summed E-state index contributed by atoms with van der Waals surface area (Å²) in [5, 5.41) is 7.38. The molecule has 0 fully saturated rings. The van der Waals surface area contributed by atoms with Crippen molar-refractivity contribution in [1.29, 1.82) is 0 Å². The van der Waals surface area contributed by atoms with Gasteiger partial charge < -0.3 is 0 Å². The number of benzene rings is 7. The van der Waals surface area contributed by atoms with Gasteiger partial charge in [-0.1, -0.05) is 133 Å². The lowest BCUT2D eigenvalue weighted by Crippen LogP contribution is -1.93. The van der Waals surface area contributed by atoms with Gasteiger partial charge in [-0.3, -0.25) is 0 Å². The number of aromatic nitrogens is 3. The molecule has 242 valence electrons. The van der Waals surface area contributed by atoms with Crippen molar-refractivity contribution in [2.24, 2.45) is 0 Å². The Kier molecular flexibility index (Phi) is 6.59. The molecule has 4 heterocycles. The Morgan fingerprint density at radius 3 is 1.81 bits per heavy atom. The van der Waals surface area contributed by atoms with Crippen molar-refractivity contribution in [3.8, 4) is 45.0 Å². The molecule has 0 aliphatic heterocycles. The van der Waals surface area contributed by atoms with Gasteiger partial charge in [0.15, 0.2) is 5.82 Å². The third kappa shape index (κ3) is 4.67. The molecule has 0 unspecified atom stereocenters. The molecule has 52 heavy (non-hydrogen) atoms. The molecule has 11 aromatic rings. The molecule has 5 heteroatoms. The molecule has 0 saturated carbocycles. The zero-order valence-electron chi connectivity index (χ0n) is 27.7. The number of fused-ring (bicyclic) bond motifs is 9. The smallest absolute Gasteiger partial charge is 0.160 e. The quantitative estimate of drug-likeness (QED) is 0.172. The van der Waals surface area contributed by atoms with Crippen LogP contribution in [0.15, 0.2) is 164 Å². The maximum absolute atomic E-state index is 5.39. The molecule has 0 radical (unpaired) electrons. The van der Waals surface area contributed by atoms with E-state index in [1.807, 2.05) is 29.5 Å². The third-order valence-electron chi connectivity index (χ3n) is 10.1. The molecule has 0 N–H and O–H groups in total. The van der Waals surface area contributed by atoms with Gasteiger partial charge in [0.1, 0.15) is 0 Å². The number of hydrogen-bond acceptors (Lipinski definition) is 5. The monoisotopic (exact) mass is 697 g/mol. The Balaban J connectivity index is 1.05. The van der Waals surface area contributed by atoms with Crippen molar-refractivity contribution >= 4 is 84.8 Å². The van der Waals surface area contributed by atoms with E-state index in [4.69, 9.17) is 15.0 Å². The molecule has 11 rings (SSSR count). The van der Waals surface area contributed by atoms with Crippen molar-refractivity contribution in [2.45, 2.75) is 0 Å². The number of thiophene rings is 2. The first kappa shape index (κ1) is 29.5. The van der Waals surface area contributed by atoms with Crippen LogP contribution < -0.4 is 0 Å². The van der Waals surface area contributed by atoms with E-state index in [1.54, 1.807) is 11.3 Å². The summed E-state index contributed by atoms with van der Waals surface area (Å²) in [5.41, 5.74) is 9.52. The number of rotatable bonds is 4. The van der Waals surface area contributed by atoms with E-state index in [1.165, 1.54) is 46.4 Å². The fraction of sp³-hybridized carbons (Fsp3) is 0. The minimum atomic E-state index is 0.742. The van der Waals surface area contributed by atoms with Crippen molar-refractivity contribution in [1.82, 2.24) is 15.0 Å². The second-order valence-electron chi connectivity index (χ2n) is 13.2. The average Bonchev–Trinajstić information content (AvgIpc) is 3.79. The zero-order valence-corrected chi connectivity index (χ0v) is 29.4. The highest BCUT2D eigenvalue weighted by Crippen LogP contribution is 2.44. The fourth-order valence-corrected chi connectivity index (χ4v) is 9.92. The Labute approximate surface area is 307 Å². The average molecular weight is 698 g/mol. The molecular formula is C47H27N3S2. The SMILES string of the molecule is c1ccc(-c2nc(-c3ccc(-c4cccc(-c5nc6cc7ccccc7cc6c6c5sc5ccccc56)c4)cc3)c3sc4ccccc4c3n2)cc1. The van der Waals surface area contributed by atoms with E-state index >= 15 is 0 Å². The maximum Gasteiger partial charge on any atom is 0.160 e. The highest BCUT2D eigenvalue weighted by molar-refractivity contribution is 7.26. The zero-order chi connectivity index (χ0) is 34.2. The van der Waals surface area contributed by atoms with Crippen molar-refractivity contribution in [3.05, 3.63) is 164 Å². The summed E-state index contributed by atoms with van der Waals surface area (Å²) in [6.07, 6.45) is 0. The topological polar surface area (TPSA) is 38.7 Å². The molecule has 0 spiro atoms. The van der Waals surface area contributed by atoms with Crippen LogP contribution in [0.5, 0.6) is 0 Å². The Morgan fingerprint density at radius 2 is 0.981 bits per heavy atom. The van der Waals surface area contributed by atoms with Crippen molar-refractivity contribution < 1.29 is 0 Å². The molecular weight excluding hydrogens is 671 g/mol. The summed E-state index contributed by atoms with van der Waals surface area (Å²) < 4.78 is 4.83. The Hall–Kier alpha value is -6.27. The first-order valence-corrected chi connectivity index (χ1v) is 19.0. The first-order chi connectivity index (χ1) is 25.7. The lowest BCUT2D eigenvalue weighted by molar-refractivity contribution is 1.24. The van der Waals surface area contributed by atoms with E-state index in [9.17, 15) is 0 Å². The van der Waals surface area contributed by atoms with Crippen LogP contribution in [0, 0.1) is 0 Å². The van der Waals surface area contributed by atoms with Crippen molar-refractivity contribution in [2.75, 3.05) is 0 Å². The van der Waals surface area contributed by atoms with Crippen LogP contribution >= 0.6 is 22.7 Å². The van der Waals surface area contributed by atoms with Crippen LogP contribution in [0.25, 0.3) is 107 Å². The number of pyridine rings is 1. The first-order valence-electron chi connectivity index (χ1n) is 17.3. The van der Waals surface area contributed by atoms with Crippen molar-refractivity contribution in [3.63, 3.8) is 0 Å². The molecule has 7 aromatic carbocycles. The number of nitrogens with zero attached hydrogens (tertiary/aromatic N) is 3. The summed E-state index contributed by atoms with van der Waals surface area (Å²) in [6, 6.07) is 58.3. The van der Waals surface area contributed by atoms with Crippen LogP contribution in [-0.4, -0.2) is 15.0 Å². The molecule has 0 atom stereocenters. The van der Waals surface area contributed by atoms with Crippen LogP contribution in [-0.2, 0) is 0 Å². The van der Waals surface area contributed by atoms with Gasteiger partial charge >= 0.3 is 0 Å². The van der Waals surface area contributed by atoms with Gasteiger partial charge in [0.05, 0.1) is 31.8 Å². The van der Waals surface area contributed by atoms with E-state index in [0.29, 0.717) is 0 Å². The van der Waals surface area contributed by atoms with Gasteiger partial charge in [-0.25, -0.2) is 15.0 Å². The molecule has 0 aliphatic rings. The van der Waals surface area contributed by atoms with Crippen LogP contribution in [0.4, 0.5) is 0 Å².